The van der Waals surface area contributed by atoms with Crippen LogP contribution in [0.2, 0.25) is 0 Å². The van der Waals surface area contributed by atoms with E-state index in [0.717, 1.165) is 29.6 Å². The number of aliphatic hydroxyl groups is 4. The fourth-order valence-corrected chi connectivity index (χ4v) is 6.28. The summed E-state index contributed by atoms with van der Waals surface area (Å²) in [5.41, 5.74) is 1.47. The molecule has 0 unspecified atom stereocenters. The van der Waals surface area contributed by atoms with Gasteiger partial charge in [0.25, 0.3) is 6.29 Å². The molecule has 0 spiro atoms. The van der Waals surface area contributed by atoms with Crippen molar-refractivity contribution in [3.63, 3.8) is 0 Å². The molecule has 10 atom stereocenters. The van der Waals surface area contributed by atoms with E-state index >= 15 is 0 Å². The van der Waals surface area contributed by atoms with Gasteiger partial charge in [0.2, 0.25) is 6.10 Å². The molecule has 0 aromatic heterocycles. The van der Waals surface area contributed by atoms with Crippen LogP contribution in [0.3, 0.4) is 0 Å². The van der Waals surface area contributed by atoms with Crippen LogP contribution in [0.15, 0.2) is 35.5 Å². The van der Waals surface area contributed by atoms with Crippen molar-refractivity contribution in [3.8, 4) is 0 Å². The molecule has 232 valence electrons. The Balaban J connectivity index is 1.98. The molecule has 1 saturated heterocycles. The predicted octanol–water partition coefficient (Wildman–Crippen LogP) is 2.64. The Morgan fingerprint density at radius 1 is 1.12 bits per heavy atom. The van der Waals surface area contributed by atoms with Crippen molar-refractivity contribution in [2.24, 2.45) is 29.1 Å². The quantitative estimate of drug-likeness (QED) is 0.158. The number of aliphatic hydroxyl groups excluding tert-OH is 4. The molecule has 0 aromatic carbocycles. The first-order valence-corrected chi connectivity index (χ1v) is 14.8. The third-order valence-electron chi connectivity index (χ3n) is 9.26. The lowest BCUT2D eigenvalue weighted by atomic mass is 9.75. The van der Waals surface area contributed by atoms with Gasteiger partial charge in [-0.2, -0.15) is 0 Å². The molecule has 41 heavy (non-hydrogen) atoms. The summed E-state index contributed by atoms with van der Waals surface area (Å²) in [6, 6.07) is 0. The molecule has 9 heteroatoms. The lowest BCUT2D eigenvalue weighted by Crippen LogP contribution is -2.59. The molecular weight excluding hydrogens is 528 g/mol. The summed E-state index contributed by atoms with van der Waals surface area (Å²) in [5.74, 6) is 0.356. The number of hydrogen-bond donors (Lipinski definition) is 4. The van der Waals surface area contributed by atoms with Gasteiger partial charge in [-0.05, 0) is 58.8 Å². The van der Waals surface area contributed by atoms with E-state index < -0.39 is 47.8 Å². The molecule has 0 aromatic rings. The first-order valence-electron chi connectivity index (χ1n) is 14.8. The van der Waals surface area contributed by atoms with Crippen molar-refractivity contribution < 1.29 is 43.9 Å². The maximum absolute atomic E-state index is 11.4. The Morgan fingerprint density at radius 2 is 1.80 bits per heavy atom. The number of aldehydes is 2. The second-order valence-corrected chi connectivity index (χ2v) is 13.0. The van der Waals surface area contributed by atoms with Gasteiger partial charge in [0.1, 0.15) is 18.3 Å². The first kappa shape index (κ1) is 33.8. The second-order valence-electron chi connectivity index (χ2n) is 13.0. The molecule has 0 bridgehead atoms. The average molecular weight is 581 g/mol. The van der Waals surface area contributed by atoms with Gasteiger partial charge in [0, 0.05) is 18.4 Å². The minimum absolute atomic E-state index is 0.0470. The average Bonchev–Trinajstić information content (AvgIpc) is 3.43. The highest BCUT2D eigenvalue weighted by Crippen LogP contribution is 2.50. The Hall–Kier alpha value is -1.72. The SMILES string of the molecule is C=CC(C)(C)OC[C@H]1O[C@H]([O+]=CC2=C(C(C)C)C[C@H](O)[C@]2(C)/C=C2/[C@@H](COC)CC[C@H]2[C@@H](C)C=[OH+])[C@H](O)[C@@H](O)[C@@H]1O. The Bertz CT molecular complexity index is 1010. The van der Waals surface area contributed by atoms with Crippen LogP contribution in [-0.4, -0.2) is 101 Å². The van der Waals surface area contributed by atoms with E-state index in [1.54, 1.807) is 13.2 Å². The molecular formula is C32H52O9+2. The van der Waals surface area contributed by atoms with Gasteiger partial charge in [0.15, 0.2) is 0 Å². The largest absolute Gasteiger partial charge is 0.409 e. The van der Waals surface area contributed by atoms with Crippen molar-refractivity contribution in [1.29, 1.82) is 0 Å². The molecule has 3 rings (SSSR count). The maximum atomic E-state index is 11.4. The lowest BCUT2D eigenvalue weighted by molar-refractivity contribution is -0.589. The summed E-state index contributed by atoms with van der Waals surface area (Å²) in [4.78, 5) is 9.83. The monoisotopic (exact) mass is 580 g/mol. The van der Waals surface area contributed by atoms with Crippen LogP contribution >= 0.6 is 0 Å². The third kappa shape index (κ3) is 7.26. The molecule has 9 nitrogen and oxygen atoms in total. The van der Waals surface area contributed by atoms with Gasteiger partial charge in [-0.3, -0.25) is 9.53 Å². The number of carbonyl (C=O) groups excluding carboxylic acids is 2. The van der Waals surface area contributed by atoms with Crippen molar-refractivity contribution in [2.45, 2.75) is 103 Å². The minimum Gasteiger partial charge on any atom is -0.392 e. The standard InChI is InChI=1S/C32H51O9/c1-9-31(5,6)40-17-25-27(35)28(36)29(37)30(41-25)39-16-24-22(18(2)3)12-26(34)32(24,7)13-23-20(15-38-8)10-11-21(23)19(4)14-33/h9,13-14,16,18-21,25-30,34-37H,1,10-12,15,17H2,2-8H3/q+1/p+1/b23-13-/t19-,20+,21-,25+,26-,27+,28-,29+,30-,32+/m0/s1. The summed E-state index contributed by atoms with van der Waals surface area (Å²) < 4.78 is 23.2. The fourth-order valence-electron chi connectivity index (χ4n) is 6.28. The zero-order chi connectivity index (χ0) is 30.7. The topological polar surface area (TPSA) is 141 Å². The van der Waals surface area contributed by atoms with Gasteiger partial charge >= 0.3 is 12.6 Å². The Labute approximate surface area is 244 Å². The van der Waals surface area contributed by atoms with Crippen molar-refractivity contribution in [3.05, 3.63) is 35.5 Å². The Morgan fingerprint density at radius 3 is 2.39 bits per heavy atom. The number of hydrogen-bond acceptors (Lipinski definition) is 7. The maximum Gasteiger partial charge on any atom is 0.409 e. The van der Waals surface area contributed by atoms with Crippen LogP contribution in [-0.2, 0) is 18.6 Å². The molecule has 0 radical (unpaired) electrons. The summed E-state index contributed by atoms with van der Waals surface area (Å²) in [6.07, 6.45) is 1.51. The van der Waals surface area contributed by atoms with Gasteiger partial charge in [-0.25, -0.2) is 4.42 Å². The fraction of sp³-hybridized carbons (Fsp3) is 0.750. The van der Waals surface area contributed by atoms with Crippen molar-refractivity contribution in [2.75, 3.05) is 20.3 Å². The lowest BCUT2D eigenvalue weighted by Gasteiger charge is -2.35. The van der Waals surface area contributed by atoms with E-state index in [-0.39, 0.29) is 30.3 Å². The highest BCUT2D eigenvalue weighted by molar-refractivity contribution is 5.80. The summed E-state index contributed by atoms with van der Waals surface area (Å²) in [7, 11) is 1.68. The molecule has 5 N–H and O–H groups in total. The smallest absolute Gasteiger partial charge is 0.392 e. The third-order valence-corrected chi connectivity index (χ3v) is 9.26. The summed E-state index contributed by atoms with van der Waals surface area (Å²) in [5, 5.41) is 43.3. The van der Waals surface area contributed by atoms with Gasteiger partial charge in [0.05, 0.1) is 36.4 Å². The molecule has 2 fully saturated rings. The van der Waals surface area contributed by atoms with E-state index in [2.05, 4.69) is 26.5 Å². The van der Waals surface area contributed by atoms with Gasteiger partial charge < -0.3 is 29.9 Å². The summed E-state index contributed by atoms with van der Waals surface area (Å²) in [6.45, 7) is 16.0. The minimum atomic E-state index is -1.51. The van der Waals surface area contributed by atoms with Crippen molar-refractivity contribution in [1.82, 2.24) is 0 Å². The van der Waals surface area contributed by atoms with Gasteiger partial charge in [-0.1, -0.05) is 37.1 Å². The van der Waals surface area contributed by atoms with Crippen LogP contribution in [0.25, 0.3) is 0 Å². The van der Waals surface area contributed by atoms with Crippen molar-refractivity contribution >= 4 is 12.6 Å². The highest BCUT2D eigenvalue weighted by atomic mass is 16.7. The number of methoxy groups -OCH3 is 1. The van der Waals surface area contributed by atoms with Crippen LogP contribution in [0.1, 0.15) is 60.8 Å². The van der Waals surface area contributed by atoms with E-state index in [1.807, 2.05) is 27.7 Å². The van der Waals surface area contributed by atoms with Crippen LogP contribution in [0.4, 0.5) is 0 Å². The van der Waals surface area contributed by atoms with E-state index in [9.17, 15) is 25.2 Å². The van der Waals surface area contributed by atoms with E-state index in [0.29, 0.717) is 13.0 Å². The highest BCUT2D eigenvalue weighted by Gasteiger charge is 2.51. The van der Waals surface area contributed by atoms with E-state index in [1.165, 1.54) is 12.6 Å². The second kappa shape index (κ2) is 13.7. The summed E-state index contributed by atoms with van der Waals surface area (Å²) >= 11 is 0. The van der Waals surface area contributed by atoms with Crippen LogP contribution in [0.5, 0.6) is 0 Å². The molecule has 3 aliphatic rings. The normalized spacial score (nSPS) is 38.4. The number of ether oxygens (including phenoxy) is 3. The zero-order valence-electron chi connectivity index (χ0n) is 25.7. The van der Waals surface area contributed by atoms with E-state index in [4.69, 9.17) is 18.6 Å². The molecule has 2 aliphatic carbocycles. The van der Waals surface area contributed by atoms with Gasteiger partial charge in [-0.15, -0.1) is 6.58 Å². The molecule has 1 aliphatic heterocycles. The Kier molecular flexibility index (Phi) is 11.3. The van der Waals surface area contributed by atoms with Crippen LogP contribution < -0.4 is 0 Å². The molecule has 0 amide bonds. The zero-order valence-corrected chi connectivity index (χ0v) is 25.7. The predicted molar refractivity (Wildman–Crippen MR) is 157 cm³/mol. The molecule has 1 saturated carbocycles. The number of rotatable bonds is 12. The van der Waals surface area contributed by atoms with Crippen LogP contribution in [0, 0.1) is 29.1 Å². The molecule has 1 heterocycles. The first-order chi connectivity index (χ1) is 19.2.